The van der Waals surface area contributed by atoms with Crippen LogP contribution in [0.25, 0.3) is 0 Å². The fourth-order valence-electron chi connectivity index (χ4n) is 0.956. The Morgan fingerprint density at radius 3 is 2.64 bits per heavy atom. The van der Waals surface area contributed by atoms with Crippen LogP contribution in [0.15, 0.2) is 18.2 Å². The van der Waals surface area contributed by atoms with Gasteiger partial charge in [-0.3, -0.25) is 14.9 Å². The van der Waals surface area contributed by atoms with E-state index in [1.54, 1.807) is 0 Å². The number of ether oxygens (including phenoxy) is 1. The first-order valence-corrected chi connectivity index (χ1v) is 3.96. The first-order valence-electron chi connectivity index (χ1n) is 3.58. The molecule has 0 aliphatic carbocycles. The Kier molecular flexibility index (Phi) is 3.03. The van der Waals surface area contributed by atoms with Crippen LogP contribution in [0.1, 0.15) is 10.4 Å². The van der Waals surface area contributed by atoms with Crippen molar-refractivity contribution in [1.29, 1.82) is 0 Å². The van der Waals surface area contributed by atoms with Crippen molar-refractivity contribution in [1.82, 2.24) is 0 Å². The molecule has 0 bridgehead atoms. The van der Waals surface area contributed by atoms with E-state index in [9.17, 15) is 14.9 Å². The normalized spacial score (nSPS) is 9.57. The molecule has 6 heteroatoms. The molecule has 0 N–H and O–H groups in total. The number of nitro groups is 1. The van der Waals surface area contributed by atoms with Crippen LogP contribution < -0.4 is 4.74 Å². The minimum atomic E-state index is -0.711. The topological polar surface area (TPSA) is 69.4 Å². The minimum Gasteiger partial charge on any atom is -0.496 e. The van der Waals surface area contributed by atoms with Gasteiger partial charge in [-0.05, 0) is 17.7 Å². The third-order valence-electron chi connectivity index (χ3n) is 1.61. The Balaban J connectivity index is 3.25. The second-order valence-corrected chi connectivity index (χ2v) is 2.76. The first kappa shape index (κ1) is 10.5. The van der Waals surface area contributed by atoms with Crippen LogP contribution in [0, 0.1) is 10.1 Å². The zero-order valence-corrected chi connectivity index (χ0v) is 7.95. The van der Waals surface area contributed by atoms with Gasteiger partial charge in [-0.15, -0.1) is 0 Å². The zero-order valence-electron chi connectivity index (χ0n) is 7.19. The molecule has 0 saturated heterocycles. The molecule has 0 unspecified atom stereocenters. The van der Waals surface area contributed by atoms with Gasteiger partial charge in [0.15, 0.2) is 0 Å². The van der Waals surface area contributed by atoms with Crippen LogP contribution in [-0.2, 0) is 0 Å². The van der Waals surface area contributed by atoms with Crippen molar-refractivity contribution in [2.45, 2.75) is 0 Å². The Bertz CT molecular complexity index is 391. The largest absolute Gasteiger partial charge is 0.496 e. The van der Waals surface area contributed by atoms with Crippen LogP contribution in [0.4, 0.5) is 5.69 Å². The number of nitrogens with zero attached hydrogens (tertiary/aromatic N) is 1. The number of hydrogen-bond acceptors (Lipinski definition) is 4. The highest BCUT2D eigenvalue weighted by Crippen LogP contribution is 2.25. The van der Waals surface area contributed by atoms with Gasteiger partial charge in [0.2, 0.25) is 0 Å². The number of hydrogen-bond donors (Lipinski definition) is 0. The molecular weight excluding hydrogens is 210 g/mol. The molecular formula is C8H6ClNO4. The van der Waals surface area contributed by atoms with E-state index in [4.69, 9.17) is 16.3 Å². The van der Waals surface area contributed by atoms with Crippen molar-refractivity contribution in [3.8, 4) is 5.75 Å². The van der Waals surface area contributed by atoms with E-state index in [1.807, 2.05) is 0 Å². The second kappa shape index (κ2) is 4.06. The molecule has 1 aromatic rings. The van der Waals surface area contributed by atoms with E-state index < -0.39 is 10.2 Å². The Labute approximate surface area is 84.4 Å². The van der Waals surface area contributed by atoms with Crippen LogP contribution in [0.5, 0.6) is 5.75 Å². The van der Waals surface area contributed by atoms with E-state index in [-0.39, 0.29) is 17.0 Å². The number of rotatable bonds is 3. The van der Waals surface area contributed by atoms with Crippen molar-refractivity contribution < 1.29 is 14.5 Å². The summed E-state index contributed by atoms with van der Waals surface area (Å²) in [5.74, 6) is 0.0965. The number of halogens is 1. The molecule has 0 amide bonds. The average Bonchev–Trinajstić information content (AvgIpc) is 2.16. The third-order valence-corrected chi connectivity index (χ3v) is 1.81. The maximum atomic E-state index is 10.8. The van der Waals surface area contributed by atoms with E-state index in [2.05, 4.69) is 0 Å². The molecule has 0 spiro atoms. The predicted octanol–water partition coefficient (Wildman–Crippen LogP) is 1.98. The Morgan fingerprint density at radius 1 is 1.57 bits per heavy atom. The number of methoxy groups -OCH3 is 1. The van der Waals surface area contributed by atoms with Crippen molar-refractivity contribution in [2.75, 3.05) is 7.11 Å². The van der Waals surface area contributed by atoms with Crippen molar-refractivity contribution >= 4 is 22.5 Å². The fraction of sp³-hybridized carbons (Fsp3) is 0.125. The molecule has 1 aromatic carbocycles. The highest BCUT2D eigenvalue weighted by atomic mass is 35.5. The lowest BCUT2D eigenvalue weighted by molar-refractivity contribution is -0.384. The third kappa shape index (κ3) is 2.00. The van der Waals surface area contributed by atoms with Gasteiger partial charge >= 0.3 is 0 Å². The van der Waals surface area contributed by atoms with Gasteiger partial charge in [-0.25, -0.2) is 0 Å². The van der Waals surface area contributed by atoms with Gasteiger partial charge in [0.1, 0.15) is 5.75 Å². The summed E-state index contributed by atoms with van der Waals surface area (Å²) in [5, 5.41) is 9.67. The van der Waals surface area contributed by atoms with E-state index in [1.165, 1.54) is 19.2 Å². The standard InChI is InChI=1S/C8H6ClNO4/c1-14-7-4-5(10(12)13)2-3-6(7)8(9)11/h2-4H,1H3. The van der Waals surface area contributed by atoms with Crippen molar-refractivity contribution in [3.05, 3.63) is 33.9 Å². The molecule has 1 rings (SSSR count). The first-order chi connectivity index (χ1) is 6.56. The van der Waals surface area contributed by atoms with E-state index >= 15 is 0 Å². The Hall–Kier alpha value is -1.62. The SMILES string of the molecule is COc1cc([N+](=O)[O-])ccc1C(=O)Cl. The second-order valence-electron chi connectivity index (χ2n) is 2.42. The lowest BCUT2D eigenvalue weighted by Gasteiger charge is -2.03. The molecule has 0 saturated carbocycles. The molecule has 0 aromatic heterocycles. The van der Waals surface area contributed by atoms with Gasteiger partial charge in [-0.1, -0.05) is 0 Å². The summed E-state index contributed by atoms with van der Waals surface area (Å²) >= 11 is 5.23. The van der Waals surface area contributed by atoms with Gasteiger partial charge in [0.25, 0.3) is 10.9 Å². The van der Waals surface area contributed by atoms with Gasteiger partial charge < -0.3 is 4.74 Å². The molecule has 0 aliphatic rings. The number of carbonyl (C=O) groups is 1. The molecule has 14 heavy (non-hydrogen) atoms. The number of benzene rings is 1. The van der Waals surface area contributed by atoms with Crippen LogP contribution in [-0.4, -0.2) is 17.3 Å². The molecule has 0 aliphatic heterocycles. The van der Waals surface area contributed by atoms with Crippen molar-refractivity contribution in [3.63, 3.8) is 0 Å². The summed E-state index contributed by atoms with van der Waals surface area (Å²) in [7, 11) is 1.31. The van der Waals surface area contributed by atoms with Gasteiger partial charge in [0.05, 0.1) is 23.7 Å². The fourth-order valence-corrected chi connectivity index (χ4v) is 1.11. The molecule has 0 atom stereocenters. The lowest BCUT2D eigenvalue weighted by atomic mass is 10.2. The van der Waals surface area contributed by atoms with Gasteiger partial charge in [-0.2, -0.15) is 0 Å². The summed E-state index contributed by atoms with van der Waals surface area (Å²) < 4.78 is 4.79. The average molecular weight is 216 g/mol. The maximum absolute atomic E-state index is 10.8. The summed E-state index contributed by atoms with van der Waals surface area (Å²) in [6, 6.07) is 3.60. The quantitative estimate of drug-likeness (QED) is 0.439. The number of nitro benzene ring substituents is 1. The summed E-state index contributed by atoms with van der Waals surface area (Å²) in [4.78, 5) is 20.6. The monoisotopic (exact) mass is 215 g/mol. The molecule has 0 fully saturated rings. The summed E-state index contributed by atoms with van der Waals surface area (Å²) in [5.41, 5.74) is -0.0386. The number of carbonyl (C=O) groups excluding carboxylic acids is 1. The maximum Gasteiger partial charge on any atom is 0.273 e. The smallest absolute Gasteiger partial charge is 0.273 e. The van der Waals surface area contributed by atoms with E-state index in [0.717, 1.165) is 6.07 Å². The van der Waals surface area contributed by atoms with Gasteiger partial charge in [0, 0.05) is 6.07 Å². The minimum absolute atomic E-state index is 0.0965. The van der Waals surface area contributed by atoms with E-state index in [0.29, 0.717) is 0 Å². The summed E-state index contributed by atoms with van der Waals surface area (Å²) in [6.45, 7) is 0. The van der Waals surface area contributed by atoms with Crippen molar-refractivity contribution in [2.24, 2.45) is 0 Å². The number of non-ortho nitro benzene ring substituents is 1. The van der Waals surface area contributed by atoms with Crippen LogP contribution in [0.3, 0.4) is 0 Å². The molecule has 74 valence electrons. The Morgan fingerprint density at radius 2 is 2.21 bits per heavy atom. The summed E-state index contributed by atoms with van der Waals surface area (Å²) in [6.07, 6.45) is 0. The molecule has 0 heterocycles. The predicted molar refractivity (Wildman–Crippen MR) is 49.8 cm³/mol. The molecule has 0 radical (unpaired) electrons. The highest BCUT2D eigenvalue weighted by Gasteiger charge is 2.14. The lowest BCUT2D eigenvalue weighted by Crippen LogP contribution is -1.97. The van der Waals surface area contributed by atoms with Crippen LogP contribution in [0.2, 0.25) is 0 Å². The molecule has 5 nitrogen and oxygen atoms in total. The van der Waals surface area contributed by atoms with Crippen LogP contribution >= 0.6 is 11.6 Å². The zero-order chi connectivity index (χ0) is 10.7. The highest BCUT2D eigenvalue weighted by molar-refractivity contribution is 6.68.